The molecule has 0 aliphatic rings. The monoisotopic (exact) mass is 255 g/mol. The van der Waals surface area contributed by atoms with E-state index in [0.29, 0.717) is 17.0 Å². The van der Waals surface area contributed by atoms with Gasteiger partial charge in [0.2, 0.25) is 5.95 Å². The summed E-state index contributed by atoms with van der Waals surface area (Å²) in [5.41, 5.74) is 0.914. The average molecular weight is 256 g/mol. The molecule has 1 heterocycles. The lowest BCUT2D eigenvalue weighted by molar-refractivity contribution is 0.543. The summed E-state index contributed by atoms with van der Waals surface area (Å²) in [6.45, 7) is 12.7. The van der Waals surface area contributed by atoms with Gasteiger partial charge in [-0.05, 0) is 24.8 Å². The van der Waals surface area contributed by atoms with E-state index in [0.717, 1.165) is 24.7 Å². The normalized spacial score (nSPS) is 11.3. The molecule has 1 rings (SSSR count). The molecule has 96 valence electrons. The van der Waals surface area contributed by atoms with Gasteiger partial charge in [-0.25, -0.2) is 9.97 Å². The first-order valence-electron chi connectivity index (χ1n) is 6.14. The highest BCUT2D eigenvalue weighted by Crippen LogP contribution is 2.16. The van der Waals surface area contributed by atoms with Crippen LogP contribution in [0.3, 0.4) is 0 Å². The van der Waals surface area contributed by atoms with Crippen molar-refractivity contribution in [3.8, 4) is 0 Å². The molecular formula is C13H22ClN3. The molecule has 0 N–H and O–H groups in total. The summed E-state index contributed by atoms with van der Waals surface area (Å²) in [6.07, 6.45) is 0. The van der Waals surface area contributed by atoms with Crippen LogP contribution < -0.4 is 4.90 Å². The summed E-state index contributed by atoms with van der Waals surface area (Å²) in [5, 5.41) is 0.519. The maximum Gasteiger partial charge on any atom is 0.226 e. The summed E-state index contributed by atoms with van der Waals surface area (Å²) in [5.74, 6) is 1.91. The zero-order valence-corrected chi connectivity index (χ0v) is 12.1. The Hall–Kier alpha value is -0.830. The smallest absolute Gasteiger partial charge is 0.226 e. The van der Waals surface area contributed by atoms with Gasteiger partial charge < -0.3 is 4.90 Å². The Balaban J connectivity index is 2.94. The first-order valence-corrected chi connectivity index (χ1v) is 6.52. The van der Waals surface area contributed by atoms with Gasteiger partial charge in [0.05, 0.1) is 0 Å². The Labute approximate surface area is 109 Å². The van der Waals surface area contributed by atoms with E-state index in [1.54, 1.807) is 6.07 Å². The molecule has 0 aromatic carbocycles. The Morgan fingerprint density at radius 1 is 1.12 bits per heavy atom. The van der Waals surface area contributed by atoms with E-state index in [-0.39, 0.29) is 0 Å². The molecule has 0 unspecified atom stereocenters. The number of hydrogen-bond acceptors (Lipinski definition) is 3. The number of nitrogens with zero attached hydrogens (tertiary/aromatic N) is 3. The molecule has 1 aromatic rings. The van der Waals surface area contributed by atoms with Gasteiger partial charge in [0.25, 0.3) is 0 Å². The topological polar surface area (TPSA) is 29.0 Å². The third kappa shape index (κ3) is 4.90. The van der Waals surface area contributed by atoms with Crippen LogP contribution in [-0.2, 0) is 0 Å². The summed E-state index contributed by atoms with van der Waals surface area (Å²) in [4.78, 5) is 11.0. The van der Waals surface area contributed by atoms with Crippen molar-refractivity contribution in [2.75, 3.05) is 18.0 Å². The standard InChI is InChI=1S/C13H22ClN3/c1-9(2)7-17(8-10(3)4)13-15-11(5)6-12(14)16-13/h6,9-10H,7-8H2,1-5H3. The van der Waals surface area contributed by atoms with E-state index < -0.39 is 0 Å². The number of rotatable bonds is 5. The Kier molecular flexibility index (Phi) is 5.19. The molecule has 0 radical (unpaired) electrons. The highest BCUT2D eigenvalue weighted by atomic mass is 35.5. The number of anilines is 1. The molecule has 0 bridgehead atoms. The minimum absolute atomic E-state index is 0.519. The minimum atomic E-state index is 0.519. The van der Waals surface area contributed by atoms with Gasteiger partial charge in [0, 0.05) is 18.8 Å². The molecule has 0 atom stereocenters. The average Bonchev–Trinajstić information content (AvgIpc) is 2.13. The van der Waals surface area contributed by atoms with Crippen LogP contribution in [0.5, 0.6) is 0 Å². The third-order valence-electron chi connectivity index (χ3n) is 2.27. The van der Waals surface area contributed by atoms with Crippen molar-refractivity contribution in [3.63, 3.8) is 0 Å². The molecule has 17 heavy (non-hydrogen) atoms. The van der Waals surface area contributed by atoms with Crippen LogP contribution in [0.4, 0.5) is 5.95 Å². The second-order valence-electron chi connectivity index (χ2n) is 5.32. The molecule has 0 saturated heterocycles. The molecule has 0 saturated carbocycles. The van der Waals surface area contributed by atoms with Crippen molar-refractivity contribution in [1.82, 2.24) is 9.97 Å². The molecular weight excluding hydrogens is 234 g/mol. The lowest BCUT2D eigenvalue weighted by Gasteiger charge is -2.26. The van der Waals surface area contributed by atoms with Gasteiger partial charge in [0.1, 0.15) is 5.15 Å². The first kappa shape index (κ1) is 14.2. The van der Waals surface area contributed by atoms with Gasteiger partial charge >= 0.3 is 0 Å². The summed E-state index contributed by atoms with van der Waals surface area (Å²) >= 11 is 5.99. The van der Waals surface area contributed by atoms with E-state index in [4.69, 9.17) is 11.6 Å². The molecule has 3 nitrogen and oxygen atoms in total. The second-order valence-corrected chi connectivity index (χ2v) is 5.71. The van der Waals surface area contributed by atoms with Gasteiger partial charge in [-0.2, -0.15) is 0 Å². The van der Waals surface area contributed by atoms with Crippen molar-refractivity contribution >= 4 is 17.5 Å². The SMILES string of the molecule is Cc1cc(Cl)nc(N(CC(C)C)CC(C)C)n1. The number of halogens is 1. The van der Waals surface area contributed by atoms with E-state index in [1.165, 1.54) is 0 Å². The maximum absolute atomic E-state index is 5.99. The zero-order chi connectivity index (χ0) is 13.0. The summed E-state index contributed by atoms with van der Waals surface area (Å²) in [6, 6.07) is 1.79. The zero-order valence-electron chi connectivity index (χ0n) is 11.4. The van der Waals surface area contributed by atoms with Crippen LogP contribution in [0.25, 0.3) is 0 Å². The van der Waals surface area contributed by atoms with Crippen LogP contribution in [0.15, 0.2) is 6.07 Å². The molecule has 0 aliphatic carbocycles. The largest absolute Gasteiger partial charge is 0.340 e. The molecule has 4 heteroatoms. The Bertz CT molecular complexity index is 333. The highest BCUT2D eigenvalue weighted by Gasteiger charge is 2.14. The predicted molar refractivity (Wildman–Crippen MR) is 73.7 cm³/mol. The van der Waals surface area contributed by atoms with Gasteiger partial charge in [0.15, 0.2) is 0 Å². The van der Waals surface area contributed by atoms with Gasteiger partial charge in [-0.1, -0.05) is 39.3 Å². The van der Waals surface area contributed by atoms with E-state index in [1.807, 2.05) is 6.92 Å². The Morgan fingerprint density at radius 3 is 2.06 bits per heavy atom. The fourth-order valence-corrected chi connectivity index (χ4v) is 2.01. The Morgan fingerprint density at radius 2 is 1.65 bits per heavy atom. The summed E-state index contributed by atoms with van der Waals surface area (Å²) in [7, 11) is 0. The molecule has 1 aromatic heterocycles. The quantitative estimate of drug-likeness (QED) is 0.754. The minimum Gasteiger partial charge on any atom is -0.340 e. The fourth-order valence-electron chi connectivity index (χ4n) is 1.78. The number of hydrogen-bond donors (Lipinski definition) is 0. The van der Waals surface area contributed by atoms with Crippen LogP contribution in [0.2, 0.25) is 5.15 Å². The lowest BCUT2D eigenvalue weighted by atomic mass is 10.1. The van der Waals surface area contributed by atoms with Crippen LogP contribution >= 0.6 is 11.6 Å². The van der Waals surface area contributed by atoms with Crippen LogP contribution in [0, 0.1) is 18.8 Å². The summed E-state index contributed by atoms with van der Waals surface area (Å²) < 4.78 is 0. The van der Waals surface area contributed by atoms with Crippen LogP contribution in [-0.4, -0.2) is 23.1 Å². The third-order valence-corrected chi connectivity index (χ3v) is 2.46. The molecule has 0 fully saturated rings. The highest BCUT2D eigenvalue weighted by molar-refractivity contribution is 6.29. The maximum atomic E-state index is 5.99. The van der Waals surface area contributed by atoms with E-state index in [9.17, 15) is 0 Å². The van der Waals surface area contributed by atoms with Gasteiger partial charge in [-0.15, -0.1) is 0 Å². The lowest BCUT2D eigenvalue weighted by Crippen LogP contribution is -2.32. The molecule has 0 aliphatic heterocycles. The van der Waals surface area contributed by atoms with Crippen LogP contribution in [0.1, 0.15) is 33.4 Å². The molecule has 0 spiro atoms. The fraction of sp³-hybridized carbons (Fsp3) is 0.692. The van der Waals surface area contributed by atoms with Crippen molar-refractivity contribution in [1.29, 1.82) is 0 Å². The van der Waals surface area contributed by atoms with E-state index >= 15 is 0 Å². The van der Waals surface area contributed by atoms with Crippen molar-refractivity contribution < 1.29 is 0 Å². The predicted octanol–water partition coefficient (Wildman–Crippen LogP) is 3.56. The van der Waals surface area contributed by atoms with E-state index in [2.05, 4.69) is 42.6 Å². The first-order chi connectivity index (χ1) is 7.88. The van der Waals surface area contributed by atoms with Crippen molar-refractivity contribution in [2.24, 2.45) is 11.8 Å². The second kappa shape index (κ2) is 6.20. The van der Waals surface area contributed by atoms with Crippen molar-refractivity contribution in [2.45, 2.75) is 34.6 Å². The van der Waals surface area contributed by atoms with Crippen molar-refractivity contribution in [3.05, 3.63) is 16.9 Å². The van der Waals surface area contributed by atoms with Gasteiger partial charge in [-0.3, -0.25) is 0 Å². The number of aromatic nitrogens is 2. The molecule has 0 amide bonds. The number of aryl methyl sites for hydroxylation is 1.